The fourth-order valence-corrected chi connectivity index (χ4v) is 4.23. The van der Waals surface area contributed by atoms with Crippen LogP contribution in [0.25, 0.3) is 0 Å². The van der Waals surface area contributed by atoms with Crippen LogP contribution < -0.4 is 9.62 Å². The minimum Gasteiger partial charge on any atom is -0.324 e. The number of anilines is 2. The molecule has 2 rings (SSSR count). The zero-order chi connectivity index (χ0) is 21.1. The molecule has 0 bridgehead atoms. The number of carbonyl (C=O) groups excluding carboxylic acids is 1. The number of halogens is 1. The van der Waals surface area contributed by atoms with Gasteiger partial charge in [-0.15, -0.1) is 0 Å². The average molecular weight is 426 g/mol. The minimum absolute atomic E-state index is 0.0878. The summed E-state index contributed by atoms with van der Waals surface area (Å²) in [6.45, 7) is 3.28. The number of benzene rings is 2. The average Bonchev–Trinajstić information content (AvgIpc) is 2.59. The number of nitro groups is 1. The summed E-state index contributed by atoms with van der Waals surface area (Å²) >= 11 is 5.92. The maximum Gasteiger partial charge on any atom is 0.271 e. The molecule has 0 unspecified atom stereocenters. The zero-order valence-corrected chi connectivity index (χ0v) is 17.1. The van der Waals surface area contributed by atoms with Crippen molar-refractivity contribution in [1.29, 1.82) is 0 Å². The molecule has 0 aliphatic heterocycles. The van der Waals surface area contributed by atoms with Crippen LogP contribution in [0.15, 0.2) is 42.5 Å². The molecule has 1 atom stereocenters. The summed E-state index contributed by atoms with van der Waals surface area (Å²) in [7, 11) is -3.92. The van der Waals surface area contributed by atoms with Crippen LogP contribution in [-0.2, 0) is 14.8 Å². The number of nitrogens with zero attached hydrogens (tertiary/aromatic N) is 2. The molecule has 0 aliphatic carbocycles. The van der Waals surface area contributed by atoms with E-state index in [-0.39, 0.29) is 17.8 Å². The fraction of sp³-hybridized carbons (Fsp3) is 0.278. The topological polar surface area (TPSA) is 110 Å². The molecule has 0 fully saturated rings. The molecule has 1 amide bonds. The van der Waals surface area contributed by atoms with Crippen molar-refractivity contribution in [3.8, 4) is 0 Å². The van der Waals surface area contributed by atoms with Gasteiger partial charge in [0, 0.05) is 22.8 Å². The second kappa shape index (κ2) is 8.57. The van der Waals surface area contributed by atoms with Crippen molar-refractivity contribution in [1.82, 2.24) is 0 Å². The summed E-state index contributed by atoms with van der Waals surface area (Å²) in [5, 5.41) is 14.2. The second-order valence-electron chi connectivity index (χ2n) is 6.21. The first-order valence-corrected chi connectivity index (χ1v) is 10.6. The maximum atomic E-state index is 12.9. The van der Waals surface area contributed by atoms with E-state index in [1.54, 1.807) is 32.0 Å². The van der Waals surface area contributed by atoms with E-state index in [1.165, 1.54) is 18.2 Å². The van der Waals surface area contributed by atoms with Gasteiger partial charge >= 0.3 is 0 Å². The summed E-state index contributed by atoms with van der Waals surface area (Å²) in [4.78, 5) is 23.4. The van der Waals surface area contributed by atoms with Gasteiger partial charge in [0.15, 0.2) is 0 Å². The van der Waals surface area contributed by atoms with Crippen molar-refractivity contribution in [3.63, 3.8) is 0 Å². The van der Waals surface area contributed by atoms with Crippen LogP contribution in [0.4, 0.5) is 17.1 Å². The van der Waals surface area contributed by atoms with E-state index in [0.717, 1.165) is 16.6 Å². The van der Waals surface area contributed by atoms with Gasteiger partial charge in [0.25, 0.3) is 5.69 Å². The van der Waals surface area contributed by atoms with Gasteiger partial charge in [-0.25, -0.2) is 8.42 Å². The molecule has 0 heterocycles. The number of carbonyl (C=O) groups is 1. The Balaban J connectivity index is 2.50. The van der Waals surface area contributed by atoms with Crippen LogP contribution in [0, 0.1) is 17.0 Å². The van der Waals surface area contributed by atoms with Crippen molar-refractivity contribution >= 4 is 44.6 Å². The fourth-order valence-electron chi connectivity index (χ4n) is 2.78. The molecule has 28 heavy (non-hydrogen) atoms. The van der Waals surface area contributed by atoms with Crippen molar-refractivity contribution in [2.45, 2.75) is 26.3 Å². The van der Waals surface area contributed by atoms with Gasteiger partial charge in [-0.2, -0.15) is 0 Å². The Bertz CT molecular complexity index is 1010. The molecule has 0 radical (unpaired) electrons. The van der Waals surface area contributed by atoms with Crippen molar-refractivity contribution in [2.24, 2.45) is 0 Å². The number of aryl methyl sites for hydroxylation is 1. The van der Waals surface area contributed by atoms with E-state index < -0.39 is 26.9 Å². The van der Waals surface area contributed by atoms with Crippen LogP contribution in [0.5, 0.6) is 0 Å². The van der Waals surface area contributed by atoms with Crippen LogP contribution in [-0.4, -0.2) is 31.5 Å². The lowest BCUT2D eigenvalue weighted by Crippen LogP contribution is -2.47. The Kier molecular flexibility index (Phi) is 6.63. The summed E-state index contributed by atoms with van der Waals surface area (Å²) in [6, 6.07) is 9.25. The van der Waals surface area contributed by atoms with E-state index in [9.17, 15) is 23.3 Å². The third-order valence-electron chi connectivity index (χ3n) is 4.06. The molecule has 2 aromatic carbocycles. The van der Waals surface area contributed by atoms with Crippen LogP contribution in [0.3, 0.4) is 0 Å². The lowest BCUT2D eigenvalue weighted by atomic mass is 10.1. The summed E-state index contributed by atoms with van der Waals surface area (Å²) < 4.78 is 26.0. The van der Waals surface area contributed by atoms with Gasteiger partial charge in [0.05, 0.1) is 16.9 Å². The highest BCUT2D eigenvalue weighted by atomic mass is 35.5. The molecule has 8 nitrogen and oxygen atoms in total. The Morgan fingerprint density at radius 2 is 1.96 bits per heavy atom. The van der Waals surface area contributed by atoms with Gasteiger partial charge in [0.2, 0.25) is 15.9 Å². The highest BCUT2D eigenvalue weighted by Crippen LogP contribution is 2.30. The number of sulfonamides is 1. The highest BCUT2D eigenvalue weighted by Gasteiger charge is 2.33. The Labute approximate surface area is 168 Å². The van der Waals surface area contributed by atoms with Crippen molar-refractivity contribution < 1.29 is 18.1 Å². The molecule has 0 aliphatic rings. The minimum atomic E-state index is -3.92. The normalized spacial score (nSPS) is 12.3. The molecular weight excluding hydrogens is 406 g/mol. The molecule has 150 valence electrons. The monoisotopic (exact) mass is 425 g/mol. The van der Waals surface area contributed by atoms with Crippen molar-refractivity contribution in [2.75, 3.05) is 15.9 Å². The highest BCUT2D eigenvalue weighted by molar-refractivity contribution is 7.92. The lowest BCUT2D eigenvalue weighted by molar-refractivity contribution is -0.384. The van der Waals surface area contributed by atoms with Crippen molar-refractivity contribution in [3.05, 3.63) is 63.2 Å². The molecule has 0 aromatic heterocycles. The first-order chi connectivity index (χ1) is 13.0. The number of non-ortho nitro benzene ring substituents is 1. The van der Waals surface area contributed by atoms with Crippen LogP contribution >= 0.6 is 11.6 Å². The predicted molar refractivity (Wildman–Crippen MR) is 109 cm³/mol. The van der Waals surface area contributed by atoms with E-state index in [4.69, 9.17) is 11.6 Å². The Morgan fingerprint density at radius 1 is 1.29 bits per heavy atom. The number of nitrogens with one attached hydrogen (secondary N) is 1. The summed E-state index contributed by atoms with van der Waals surface area (Å²) in [5.41, 5.74) is 0.731. The number of nitro benzene ring substituents is 1. The van der Waals surface area contributed by atoms with E-state index in [2.05, 4.69) is 5.32 Å². The molecule has 0 saturated heterocycles. The van der Waals surface area contributed by atoms with E-state index in [0.29, 0.717) is 16.3 Å². The molecule has 0 saturated carbocycles. The van der Waals surface area contributed by atoms with Crippen LogP contribution in [0.2, 0.25) is 5.02 Å². The quantitative estimate of drug-likeness (QED) is 0.536. The molecule has 2 aromatic rings. The van der Waals surface area contributed by atoms with Gasteiger partial charge in [0.1, 0.15) is 6.04 Å². The third kappa shape index (κ3) is 4.99. The predicted octanol–water partition coefficient (Wildman–Crippen LogP) is 3.74. The van der Waals surface area contributed by atoms with E-state index in [1.807, 2.05) is 0 Å². The molecule has 1 N–H and O–H groups in total. The molecule has 0 spiro atoms. The zero-order valence-electron chi connectivity index (χ0n) is 15.5. The number of hydrogen-bond acceptors (Lipinski definition) is 5. The largest absolute Gasteiger partial charge is 0.324 e. The number of amides is 1. The molecule has 10 heteroatoms. The Morgan fingerprint density at radius 3 is 2.50 bits per heavy atom. The van der Waals surface area contributed by atoms with Gasteiger partial charge in [-0.1, -0.05) is 30.7 Å². The first kappa shape index (κ1) is 21.6. The summed E-state index contributed by atoms with van der Waals surface area (Å²) in [5.74, 6) is -0.568. The van der Waals surface area contributed by atoms with Gasteiger partial charge in [-0.05, 0) is 37.1 Å². The standard InChI is InChI=1S/C18H20ClN3O5S/c1-4-16(18(23)20-14-7-5-6-13(19)10-14)21(28(3,26)27)17-11-15(22(24)25)9-8-12(17)2/h5-11,16H,4H2,1-3H3,(H,20,23)/t16-/m1/s1. The SMILES string of the molecule is CC[C@H](C(=O)Nc1cccc(Cl)c1)N(c1cc([N+](=O)[O-])ccc1C)S(C)(=O)=O. The first-order valence-electron chi connectivity index (χ1n) is 8.35. The summed E-state index contributed by atoms with van der Waals surface area (Å²) in [6.07, 6.45) is 1.11. The maximum absolute atomic E-state index is 12.9. The third-order valence-corrected chi connectivity index (χ3v) is 5.46. The Hall–Kier alpha value is -2.65. The van der Waals surface area contributed by atoms with Crippen LogP contribution in [0.1, 0.15) is 18.9 Å². The number of rotatable bonds is 7. The smallest absolute Gasteiger partial charge is 0.271 e. The number of hydrogen-bond donors (Lipinski definition) is 1. The lowest BCUT2D eigenvalue weighted by Gasteiger charge is -2.31. The second-order valence-corrected chi connectivity index (χ2v) is 8.51. The van der Waals surface area contributed by atoms with Gasteiger partial charge in [-0.3, -0.25) is 19.2 Å². The van der Waals surface area contributed by atoms with E-state index >= 15 is 0 Å². The van der Waals surface area contributed by atoms with Gasteiger partial charge < -0.3 is 5.32 Å². The molecular formula is C18H20ClN3O5S.